The van der Waals surface area contributed by atoms with Crippen molar-refractivity contribution in [2.24, 2.45) is 0 Å². The Labute approximate surface area is 109 Å². The highest BCUT2D eigenvalue weighted by atomic mass is 19.1. The summed E-state index contributed by atoms with van der Waals surface area (Å²) in [5, 5.41) is 13.3. The molecule has 1 aromatic rings. The molecule has 0 aromatic heterocycles. The van der Waals surface area contributed by atoms with Gasteiger partial charge in [0.25, 0.3) is 0 Å². The number of ether oxygens (including phenoxy) is 1. The first-order valence-electron chi connectivity index (χ1n) is 5.68. The maximum atomic E-state index is 12.0. The number of aliphatic carboxylic acids is 1. The Bertz CT molecular complexity index is 439. The molecule has 0 unspecified atom stereocenters. The molecule has 7 heteroatoms. The Morgan fingerprint density at radius 3 is 2.74 bits per heavy atom. The number of nitrogens with one attached hydrogen (secondary N) is 2. The maximum Gasteiger partial charge on any atom is 0.319 e. The van der Waals surface area contributed by atoms with Crippen molar-refractivity contribution in [1.82, 2.24) is 5.32 Å². The van der Waals surface area contributed by atoms with Crippen LogP contribution in [0.25, 0.3) is 0 Å². The topological polar surface area (TPSA) is 87.7 Å². The lowest BCUT2D eigenvalue weighted by molar-refractivity contribution is -0.136. The van der Waals surface area contributed by atoms with E-state index in [9.17, 15) is 14.0 Å². The largest absolute Gasteiger partial charge is 0.489 e. The Balaban J connectivity index is 2.51. The van der Waals surface area contributed by atoms with E-state index in [1.807, 2.05) is 0 Å². The SMILES string of the molecule is O=C(O)CCNC(=O)Nc1ccccc1OCCF. The average molecular weight is 270 g/mol. The third-order valence-corrected chi connectivity index (χ3v) is 2.09. The summed E-state index contributed by atoms with van der Waals surface area (Å²) in [5.74, 6) is -0.638. The van der Waals surface area contributed by atoms with Crippen molar-refractivity contribution >= 4 is 17.7 Å². The molecule has 6 nitrogen and oxygen atoms in total. The van der Waals surface area contributed by atoms with E-state index in [0.717, 1.165) is 0 Å². The number of carboxylic acids is 1. The second-order valence-electron chi connectivity index (χ2n) is 3.56. The summed E-state index contributed by atoms with van der Waals surface area (Å²) >= 11 is 0. The monoisotopic (exact) mass is 270 g/mol. The number of carboxylic acid groups (broad SMARTS) is 1. The zero-order valence-corrected chi connectivity index (χ0v) is 10.2. The molecule has 0 fully saturated rings. The molecule has 0 atom stereocenters. The maximum absolute atomic E-state index is 12.0. The highest BCUT2D eigenvalue weighted by molar-refractivity contribution is 5.91. The average Bonchev–Trinajstić information content (AvgIpc) is 2.37. The van der Waals surface area contributed by atoms with Crippen molar-refractivity contribution in [3.8, 4) is 5.75 Å². The highest BCUT2D eigenvalue weighted by Gasteiger charge is 2.07. The van der Waals surface area contributed by atoms with Crippen LogP contribution in [0, 0.1) is 0 Å². The van der Waals surface area contributed by atoms with Gasteiger partial charge in [-0.25, -0.2) is 9.18 Å². The number of carbonyl (C=O) groups is 2. The van der Waals surface area contributed by atoms with Gasteiger partial charge in [-0.2, -0.15) is 0 Å². The summed E-state index contributed by atoms with van der Waals surface area (Å²) < 4.78 is 17.2. The Morgan fingerprint density at radius 2 is 2.05 bits per heavy atom. The van der Waals surface area contributed by atoms with E-state index in [1.54, 1.807) is 24.3 Å². The number of benzene rings is 1. The molecule has 0 saturated carbocycles. The van der Waals surface area contributed by atoms with Crippen molar-refractivity contribution in [1.29, 1.82) is 0 Å². The summed E-state index contributed by atoms with van der Waals surface area (Å²) in [7, 11) is 0. The molecule has 0 radical (unpaired) electrons. The zero-order valence-electron chi connectivity index (χ0n) is 10.2. The molecule has 1 aromatic carbocycles. The first kappa shape index (κ1) is 14.7. The molecule has 3 N–H and O–H groups in total. The van der Waals surface area contributed by atoms with E-state index >= 15 is 0 Å². The molecule has 0 heterocycles. The molecule has 0 aliphatic rings. The van der Waals surface area contributed by atoms with Gasteiger partial charge in [-0.1, -0.05) is 12.1 Å². The van der Waals surface area contributed by atoms with Gasteiger partial charge < -0.3 is 20.5 Å². The van der Waals surface area contributed by atoms with Gasteiger partial charge in [0.1, 0.15) is 19.0 Å². The van der Waals surface area contributed by atoms with Crippen LogP contribution in [-0.4, -0.2) is 36.9 Å². The van der Waals surface area contributed by atoms with Crippen LogP contribution in [0.5, 0.6) is 5.75 Å². The van der Waals surface area contributed by atoms with Crippen LogP contribution in [0.3, 0.4) is 0 Å². The van der Waals surface area contributed by atoms with Gasteiger partial charge in [0, 0.05) is 6.54 Å². The number of hydrogen-bond donors (Lipinski definition) is 3. The molecular weight excluding hydrogens is 255 g/mol. The van der Waals surface area contributed by atoms with Crippen molar-refractivity contribution in [2.45, 2.75) is 6.42 Å². The van der Waals surface area contributed by atoms with Gasteiger partial charge in [-0.3, -0.25) is 4.79 Å². The van der Waals surface area contributed by atoms with E-state index in [2.05, 4.69) is 10.6 Å². The van der Waals surface area contributed by atoms with Gasteiger partial charge in [-0.05, 0) is 12.1 Å². The fourth-order valence-electron chi connectivity index (χ4n) is 1.29. The highest BCUT2D eigenvalue weighted by Crippen LogP contribution is 2.23. The second kappa shape index (κ2) is 7.91. The van der Waals surface area contributed by atoms with Crippen molar-refractivity contribution in [3.63, 3.8) is 0 Å². The van der Waals surface area contributed by atoms with Crippen molar-refractivity contribution < 1.29 is 23.8 Å². The van der Waals surface area contributed by atoms with E-state index in [0.29, 0.717) is 11.4 Å². The fraction of sp³-hybridized carbons (Fsp3) is 0.333. The Hall–Kier alpha value is -2.31. The molecule has 2 amide bonds. The molecule has 19 heavy (non-hydrogen) atoms. The van der Waals surface area contributed by atoms with Crippen LogP contribution >= 0.6 is 0 Å². The fourth-order valence-corrected chi connectivity index (χ4v) is 1.29. The minimum Gasteiger partial charge on any atom is -0.489 e. The molecule has 0 aliphatic heterocycles. The summed E-state index contributed by atoms with van der Waals surface area (Å²) in [4.78, 5) is 21.8. The summed E-state index contributed by atoms with van der Waals surface area (Å²) in [5.41, 5.74) is 0.392. The lowest BCUT2D eigenvalue weighted by atomic mass is 10.3. The molecule has 0 bridgehead atoms. The van der Waals surface area contributed by atoms with E-state index < -0.39 is 18.7 Å². The zero-order chi connectivity index (χ0) is 14.1. The normalized spacial score (nSPS) is 9.74. The summed E-state index contributed by atoms with van der Waals surface area (Å²) in [6, 6.07) is 6.04. The minimum atomic E-state index is -0.994. The molecular formula is C12H15FN2O4. The van der Waals surface area contributed by atoms with Crippen LogP contribution in [0.4, 0.5) is 14.9 Å². The number of amides is 2. The first-order chi connectivity index (χ1) is 9.13. The lowest BCUT2D eigenvalue weighted by Gasteiger charge is -2.11. The minimum absolute atomic E-state index is 0.0225. The molecule has 0 saturated heterocycles. The quantitative estimate of drug-likeness (QED) is 0.702. The van der Waals surface area contributed by atoms with Gasteiger partial charge >= 0.3 is 12.0 Å². The molecule has 1 rings (SSSR count). The van der Waals surface area contributed by atoms with Crippen LogP contribution in [0.15, 0.2) is 24.3 Å². The lowest BCUT2D eigenvalue weighted by Crippen LogP contribution is -2.30. The summed E-state index contributed by atoms with van der Waals surface area (Å²) in [6.45, 7) is -0.701. The van der Waals surface area contributed by atoms with Crippen LogP contribution in [0.1, 0.15) is 6.42 Å². The van der Waals surface area contributed by atoms with E-state index in [-0.39, 0.29) is 19.6 Å². The van der Waals surface area contributed by atoms with Crippen LogP contribution < -0.4 is 15.4 Å². The Kier molecular flexibility index (Phi) is 6.14. The number of anilines is 1. The van der Waals surface area contributed by atoms with Crippen molar-refractivity contribution in [3.05, 3.63) is 24.3 Å². The number of para-hydroxylation sites is 2. The predicted octanol–water partition coefficient (Wildman–Crippen LogP) is 1.63. The third-order valence-electron chi connectivity index (χ3n) is 2.09. The van der Waals surface area contributed by atoms with E-state index in [1.165, 1.54) is 0 Å². The van der Waals surface area contributed by atoms with Gasteiger partial charge in [-0.15, -0.1) is 0 Å². The van der Waals surface area contributed by atoms with Gasteiger partial charge in [0.05, 0.1) is 12.1 Å². The number of rotatable bonds is 7. The number of hydrogen-bond acceptors (Lipinski definition) is 3. The van der Waals surface area contributed by atoms with Crippen LogP contribution in [-0.2, 0) is 4.79 Å². The third kappa shape index (κ3) is 5.71. The number of urea groups is 1. The Morgan fingerprint density at radius 1 is 1.32 bits per heavy atom. The molecule has 0 aliphatic carbocycles. The van der Waals surface area contributed by atoms with Gasteiger partial charge in [0.15, 0.2) is 0 Å². The number of carbonyl (C=O) groups excluding carboxylic acids is 1. The number of alkyl halides is 1. The molecule has 104 valence electrons. The standard InChI is InChI=1S/C12H15FN2O4/c13-6-8-19-10-4-2-1-3-9(10)15-12(18)14-7-5-11(16)17/h1-4H,5-8H2,(H,16,17)(H2,14,15,18). The second-order valence-corrected chi connectivity index (χ2v) is 3.56. The van der Waals surface area contributed by atoms with Crippen LogP contribution in [0.2, 0.25) is 0 Å². The smallest absolute Gasteiger partial charge is 0.319 e. The van der Waals surface area contributed by atoms with Gasteiger partial charge in [0.2, 0.25) is 0 Å². The summed E-state index contributed by atoms with van der Waals surface area (Å²) in [6.07, 6.45) is -0.159. The molecule has 0 spiro atoms. The first-order valence-corrected chi connectivity index (χ1v) is 5.68. The number of halogens is 1. The predicted molar refractivity (Wildman–Crippen MR) is 67.2 cm³/mol. The van der Waals surface area contributed by atoms with Crippen molar-refractivity contribution in [2.75, 3.05) is 25.1 Å². The van der Waals surface area contributed by atoms with E-state index in [4.69, 9.17) is 9.84 Å².